The van der Waals surface area contributed by atoms with Gasteiger partial charge in [-0.1, -0.05) is 35.9 Å². The second-order valence-corrected chi connectivity index (χ2v) is 7.67. The lowest BCUT2D eigenvalue weighted by Crippen LogP contribution is -2.29. The lowest BCUT2D eigenvalue weighted by molar-refractivity contribution is -0.121. The number of benzene rings is 2. The number of methoxy groups -OCH3 is 1. The molecule has 2 aliphatic heterocycles. The zero-order valence-electron chi connectivity index (χ0n) is 16.6. The molecule has 2 amide bonds. The van der Waals surface area contributed by atoms with Crippen molar-refractivity contribution in [2.24, 2.45) is 0 Å². The van der Waals surface area contributed by atoms with Gasteiger partial charge in [0.15, 0.2) is 0 Å². The zero-order chi connectivity index (χ0) is 21.5. The molecular formula is C22H18ClN5O3. The highest BCUT2D eigenvalue weighted by atomic mass is 35.5. The van der Waals surface area contributed by atoms with Crippen LogP contribution in [0.2, 0.25) is 5.02 Å². The average Bonchev–Trinajstić information content (AvgIpc) is 3.35. The topological polar surface area (TPSA) is 89.3 Å². The monoisotopic (exact) mass is 435 g/mol. The molecular weight excluding hydrogens is 418 g/mol. The number of rotatable bonds is 4. The molecule has 1 fully saturated rings. The molecule has 31 heavy (non-hydrogen) atoms. The molecule has 0 saturated carbocycles. The van der Waals surface area contributed by atoms with E-state index in [9.17, 15) is 9.59 Å². The van der Waals surface area contributed by atoms with E-state index >= 15 is 0 Å². The van der Waals surface area contributed by atoms with Crippen molar-refractivity contribution in [2.45, 2.75) is 18.9 Å². The van der Waals surface area contributed by atoms with Crippen LogP contribution in [0.25, 0.3) is 5.70 Å². The number of aromatic nitrogens is 3. The Labute approximate surface area is 183 Å². The number of carbonyl (C=O) groups is 2. The van der Waals surface area contributed by atoms with Crippen molar-refractivity contribution >= 4 is 41.0 Å². The number of imide groups is 1. The van der Waals surface area contributed by atoms with Crippen molar-refractivity contribution in [2.75, 3.05) is 17.3 Å². The molecule has 9 heteroatoms. The Morgan fingerprint density at radius 2 is 1.71 bits per heavy atom. The minimum atomic E-state index is -0.304. The Bertz CT molecular complexity index is 1180. The van der Waals surface area contributed by atoms with Crippen LogP contribution in [0.4, 0.5) is 11.9 Å². The molecule has 8 nitrogen and oxygen atoms in total. The molecule has 0 radical (unpaired) electrons. The van der Waals surface area contributed by atoms with Gasteiger partial charge in [0.2, 0.25) is 17.8 Å². The first kappa shape index (κ1) is 19.3. The first-order valence-electron chi connectivity index (χ1n) is 9.74. The summed E-state index contributed by atoms with van der Waals surface area (Å²) >= 11 is 6.04. The zero-order valence-corrected chi connectivity index (χ0v) is 17.3. The molecule has 3 aromatic rings. The van der Waals surface area contributed by atoms with Gasteiger partial charge in [-0.25, -0.2) is 9.58 Å². The Morgan fingerprint density at radius 1 is 1.03 bits per heavy atom. The van der Waals surface area contributed by atoms with Crippen molar-refractivity contribution < 1.29 is 14.3 Å². The first-order chi connectivity index (χ1) is 15.0. The summed E-state index contributed by atoms with van der Waals surface area (Å²) in [6.45, 7) is 0. The molecule has 0 unspecified atom stereocenters. The Morgan fingerprint density at radius 3 is 2.35 bits per heavy atom. The van der Waals surface area contributed by atoms with E-state index in [0.717, 1.165) is 27.5 Å². The van der Waals surface area contributed by atoms with Gasteiger partial charge in [-0.3, -0.25) is 9.59 Å². The number of nitrogens with zero attached hydrogens (tertiary/aromatic N) is 4. The number of fused-ring (bicyclic) bond motifs is 1. The van der Waals surface area contributed by atoms with Crippen molar-refractivity contribution in [1.82, 2.24) is 14.8 Å². The standard InChI is InChI=1S/C22H18ClN5O3/c1-31-16-8-4-14(5-9-16)18-12-17(13-2-6-15(23)7-3-13)24-21-25-22(26-28(18)21)27-19(29)10-11-20(27)30/h2-9,12,18H,10-11H2,1H3,(H,24,25,26)/t18-/m1/s1. The van der Waals surface area contributed by atoms with E-state index in [2.05, 4.69) is 15.4 Å². The van der Waals surface area contributed by atoms with Crippen LogP contribution in [0.5, 0.6) is 5.75 Å². The molecule has 1 atom stereocenters. The van der Waals surface area contributed by atoms with E-state index in [-0.39, 0.29) is 36.6 Å². The molecule has 1 N–H and O–H groups in total. The largest absolute Gasteiger partial charge is 0.497 e. The molecule has 2 aliphatic rings. The van der Waals surface area contributed by atoms with E-state index in [0.29, 0.717) is 11.0 Å². The van der Waals surface area contributed by atoms with Gasteiger partial charge < -0.3 is 10.1 Å². The van der Waals surface area contributed by atoms with E-state index < -0.39 is 0 Å². The number of amides is 2. The normalized spacial score (nSPS) is 17.9. The Balaban J connectivity index is 1.60. The van der Waals surface area contributed by atoms with E-state index in [1.54, 1.807) is 11.8 Å². The number of nitrogens with one attached hydrogen (secondary N) is 1. The summed E-state index contributed by atoms with van der Waals surface area (Å²) in [6.07, 6.45) is 2.36. The van der Waals surface area contributed by atoms with Crippen molar-refractivity contribution in [3.8, 4) is 5.75 Å². The smallest absolute Gasteiger partial charge is 0.260 e. The van der Waals surface area contributed by atoms with Crippen molar-refractivity contribution in [1.29, 1.82) is 0 Å². The van der Waals surface area contributed by atoms with Gasteiger partial charge in [-0.15, -0.1) is 5.10 Å². The van der Waals surface area contributed by atoms with E-state index in [1.165, 1.54) is 0 Å². The number of halogens is 1. The van der Waals surface area contributed by atoms with Gasteiger partial charge in [0.1, 0.15) is 11.8 Å². The van der Waals surface area contributed by atoms with Gasteiger partial charge in [-0.05, 0) is 41.5 Å². The third-order valence-corrected chi connectivity index (χ3v) is 5.57. The summed E-state index contributed by atoms with van der Waals surface area (Å²) in [7, 11) is 1.62. The predicted octanol–water partition coefficient (Wildman–Crippen LogP) is 3.65. The van der Waals surface area contributed by atoms with E-state index in [4.69, 9.17) is 16.3 Å². The maximum atomic E-state index is 12.2. The lowest BCUT2D eigenvalue weighted by Gasteiger charge is -2.24. The van der Waals surface area contributed by atoms with Crippen LogP contribution >= 0.6 is 11.6 Å². The highest BCUT2D eigenvalue weighted by molar-refractivity contribution is 6.30. The van der Waals surface area contributed by atoms with Crippen molar-refractivity contribution in [3.05, 3.63) is 70.8 Å². The fourth-order valence-corrected chi connectivity index (χ4v) is 3.84. The maximum absolute atomic E-state index is 12.2. The quantitative estimate of drug-likeness (QED) is 0.629. The van der Waals surface area contributed by atoms with Gasteiger partial charge >= 0.3 is 0 Å². The van der Waals surface area contributed by atoms with E-state index in [1.807, 2.05) is 54.6 Å². The number of hydrogen-bond donors (Lipinski definition) is 1. The van der Waals surface area contributed by atoms with Crippen LogP contribution in [0.15, 0.2) is 54.6 Å². The van der Waals surface area contributed by atoms with Gasteiger partial charge in [0.25, 0.3) is 5.95 Å². The summed E-state index contributed by atoms with van der Waals surface area (Å²) in [6, 6.07) is 14.8. The minimum Gasteiger partial charge on any atom is -0.497 e. The van der Waals surface area contributed by atoms with Crippen LogP contribution < -0.4 is 15.0 Å². The fraction of sp³-hybridized carbons (Fsp3) is 0.182. The number of ether oxygens (including phenoxy) is 1. The number of allylic oxidation sites excluding steroid dienone is 1. The van der Waals surface area contributed by atoms with Crippen molar-refractivity contribution in [3.63, 3.8) is 0 Å². The van der Waals surface area contributed by atoms with Crippen LogP contribution in [0.3, 0.4) is 0 Å². The van der Waals surface area contributed by atoms with Crippen LogP contribution in [0.1, 0.15) is 30.0 Å². The highest BCUT2D eigenvalue weighted by Crippen LogP contribution is 2.35. The molecule has 5 rings (SSSR count). The number of carbonyl (C=O) groups excluding carboxylic acids is 2. The molecule has 2 aromatic carbocycles. The van der Waals surface area contributed by atoms with Crippen LogP contribution in [-0.2, 0) is 9.59 Å². The number of anilines is 2. The molecule has 0 bridgehead atoms. The van der Waals surface area contributed by atoms with Gasteiger partial charge in [0, 0.05) is 23.6 Å². The van der Waals surface area contributed by atoms with Crippen LogP contribution in [-0.4, -0.2) is 33.7 Å². The summed E-state index contributed by atoms with van der Waals surface area (Å²) in [5.41, 5.74) is 2.69. The highest BCUT2D eigenvalue weighted by Gasteiger charge is 2.35. The summed E-state index contributed by atoms with van der Waals surface area (Å²) in [5, 5.41) is 8.41. The molecule has 1 saturated heterocycles. The summed E-state index contributed by atoms with van der Waals surface area (Å²) < 4.78 is 6.94. The maximum Gasteiger partial charge on any atom is 0.260 e. The molecule has 3 heterocycles. The third-order valence-electron chi connectivity index (χ3n) is 5.32. The Kier molecular flexibility index (Phi) is 4.71. The van der Waals surface area contributed by atoms with Gasteiger partial charge in [0.05, 0.1) is 7.11 Å². The average molecular weight is 436 g/mol. The summed E-state index contributed by atoms with van der Waals surface area (Å²) in [4.78, 5) is 29.9. The molecule has 0 spiro atoms. The SMILES string of the molecule is COc1ccc([C@H]2C=C(c3ccc(Cl)cc3)Nc3nc(N4C(=O)CCC4=O)nn32)cc1. The van der Waals surface area contributed by atoms with Crippen LogP contribution in [0, 0.1) is 0 Å². The second-order valence-electron chi connectivity index (χ2n) is 7.23. The minimum absolute atomic E-state index is 0.0827. The first-order valence-corrected chi connectivity index (χ1v) is 10.1. The second kappa shape index (κ2) is 7.55. The lowest BCUT2D eigenvalue weighted by atomic mass is 10.0. The summed E-state index contributed by atoms with van der Waals surface area (Å²) in [5.74, 6) is 0.682. The Hall–Kier alpha value is -3.65. The fourth-order valence-electron chi connectivity index (χ4n) is 3.71. The molecule has 0 aliphatic carbocycles. The third kappa shape index (κ3) is 3.44. The molecule has 1 aromatic heterocycles. The molecule has 156 valence electrons. The predicted molar refractivity (Wildman–Crippen MR) is 116 cm³/mol. The number of hydrogen-bond acceptors (Lipinski definition) is 6. The van der Waals surface area contributed by atoms with Gasteiger partial charge in [-0.2, -0.15) is 4.98 Å².